The lowest BCUT2D eigenvalue weighted by molar-refractivity contribution is 0.0976. The highest BCUT2D eigenvalue weighted by molar-refractivity contribution is 9.10. The molecule has 1 aromatic heterocycles. The van der Waals surface area contributed by atoms with E-state index in [0.717, 1.165) is 15.7 Å². The Morgan fingerprint density at radius 1 is 1.07 bits per heavy atom. The van der Waals surface area contributed by atoms with Gasteiger partial charge < -0.3 is 5.32 Å². The van der Waals surface area contributed by atoms with Gasteiger partial charge in [-0.3, -0.25) is 15.1 Å². The number of guanidine groups is 1. The summed E-state index contributed by atoms with van der Waals surface area (Å²) in [7, 11) is 0. The topological polar surface area (TPSA) is 66.4 Å². The maximum atomic E-state index is 13.4. The van der Waals surface area contributed by atoms with Gasteiger partial charge in [0.05, 0.1) is 6.54 Å². The minimum Gasteiger partial charge on any atom is -0.326 e. The molecule has 0 aliphatic carbocycles. The van der Waals surface area contributed by atoms with Gasteiger partial charge in [0.15, 0.2) is 0 Å². The second-order valence-corrected chi connectivity index (χ2v) is 6.53. The van der Waals surface area contributed by atoms with E-state index < -0.39 is 11.7 Å². The Balaban J connectivity index is 1.79. The first-order valence-corrected chi connectivity index (χ1v) is 8.92. The van der Waals surface area contributed by atoms with Crippen LogP contribution in [0, 0.1) is 5.82 Å². The van der Waals surface area contributed by atoms with Gasteiger partial charge in [-0.1, -0.05) is 22.0 Å². The van der Waals surface area contributed by atoms with Crippen LogP contribution in [0.25, 0.3) is 0 Å². The molecule has 0 atom stereocenters. The lowest BCUT2D eigenvalue weighted by Crippen LogP contribution is -2.36. The van der Waals surface area contributed by atoms with Gasteiger partial charge in [0.1, 0.15) is 5.82 Å². The van der Waals surface area contributed by atoms with Gasteiger partial charge in [0.2, 0.25) is 5.96 Å². The number of carbonyl (C=O) groups excluding carboxylic acids is 1. The van der Waals surface area contributed by atoms with Gasteiger partial charge in [-0.2, -0.15) is 0 Å². The van der Waals surface area contributed by atoms with Crippen LogP contribution in [-0.4, -0.2) is 16.9 Å². The van der Waals surface area contributed by atoms with Crippen molar-refractivity contribution in [3.63, 3.8) is 0 Å². The van der Waals surface area contributed by atoms with Crippen LogP contribution in [0.5, 0.6) is 0 Å². The summed E-state index contributed by atoms with van der Waals surface area (Å²) in [5, 5.41) is 5.78. The molecule has 0 saturated carbocycles. The predicted molar refractivity (Wildman–Crippen MR) is 107 cm³/mol. The third-order valence-electron chi connectivity index (χ3n) is 3.59. The number of hydrogen-bond acceptors (Lipinski definition) is 3. The largest absolute Gasteiger partial charge is 0.326 e. The first kappa shape index (κ1) is 18.7. The first-order chi connectivity index (χ1) is 13.1. The molecule has 3 aromatic rings. The number of carbonyl (C=O) groups is 1. The van der Waals surface area contributed by atoms with Crippen LogP contribution in [0.4, 0.5) is 10.1 Å². The van der Waals surface area contributed by atoms with Gasteiger partial charge in [0.25, 0.3) is 5.91 Å². The third kappa shape index (κ3) is 5.72. The number of aromatic nitrogens is 1. The summed E-state index contributed by atoms with van der Waals surface area (Å²) in [6.45, 7) is 0.352. The van der Waals surface area contributed by atoms with E-state index in [-0.39, 0.29) is 11.5 Å². The molecule has 136 valence electrons. The molecule has 0 fully saturated rings. The smallest absolute Gasteiger partial charge is 0.258 e. The molecule has 0 aliphatic heterocycles. The highest BCUT2D eigenvalue weighted by Crippen LogP contribution is 2.14. The van der Waals surface area contributed by atoms with Crippen molar-refractivity contribution in [3.8, 4) is 0 Å². The van der Waals surface area contributed by atoms with E-state index in [1.807, 2.05) is 36.4 Å². The highest BCUT2D eigenvalue weighted by atomic mass is 79.9. The van der Waals surface area contributed by atoms with E-state index in [1.54, 1.807) is 18.5 Å². The fourth-order valence-corrected chi connectivity index (χ4v) is 2.51. The van der Waals surface area contributed by atoms with Crippen LogP contribution in [0.15, 0.2) is 82.5 Å². The number of benzene rings is 2. The SMILES string of the molecule is O=C(NC(=NCc1ccncc1)Nc1ccc(Br)cc1)c1cccc(F)c1. The molecule has 0 aliphatic rings. The molecule has 27 heavy (non-hydrogen) atoms. The first-order valence-electron chi connectivity index (χ1n) is 8.13. The van der Waals surface area contributed by atoms with Crippen molar-refractivity contribution in [1.82, 2.24) is 10.3 Å². The predicted octanol–water partition coefficient (Wildman–Crippen LogP) is 4.38. The number of hydrogen-bond donors (Lipinski definition) is 2. The molecule has 0 bridgehead atoms. The van der Waals surface area contributed by atoms with Gasteiger partial charge >= 0.3 is 0 Å². The molecule has 2 aromatic carbocycles. The number of pyridine rings is 1. The van der Waals surface area contributed by atoms with Gasteiger partial charge in [-0.05, 0) is 60.2 Å². The molecule has 7 heteroatoms. The van der Waals surface area contributed by atoms with E-state index in [0.29, 0.717) is 6.54 Å². The fraction of sp³-hybridized carbons (Fsp3) is 0.0500. The molecule has 5 nitrogen and oxygen atoms in total. The minimum atomic E-state index is -0.473. The highest BCUT2D eigenvalue weighted by Gasteiger charge is 2.10. The zero-order chi connectivity index (χ0) is 19.1. The van der Waals surface area contributed by atoms with E-state index in [9.17, 15) is 9.18 Å². The lowest BCUT2D eigenvalue weighted by atomic mass is 10.2. The van der Waals surface area contributed by atoms with Crippen LogP contribution < -0.4 is 10.6 Å². The number of rotatable bonds is 4. The summed E-state index contributed by atoms with van der Waals surface area (Å²) in [4.78, 5) is 20.9. The molecule has 3 rings (SSSR count). The number of amides is 1. The monoisotopic (exact) mass is 426 g/mol. The number of aliphatic imine (C=N–C) groups is 1. The summed E-state index contributed by atoms with van der Waals surface area (Å²) in [6, 6.07) is 16.6. The van der Waals surface area contributed by atoms with Crippen molar-refractivity contribution >= 4 is 33.5 Å². The molecule has 0 saturated heterocycles. The summed E-state index contributed by atoms with van der Waals surface area (Å²) in [5.41, 5.74) is 1.91. The van der Waals surface area contributed by atoms with Crippen molar-refractivity contribution in [2.45, 2.75) is 6.54 Å². The van der Waals surface area contributed by atoms with Crippen molar-refractivity contribution in [3.05, 3.63) is 94.5 Å². The molecule has 1 heterocycles. The maximum Gasteiger partial charge on any atom is 0.258 e. The number of anilines is 1. The van der Waals surface area contributed by atoms with Gasteiger partial charge in [0, 0.05) is 28.1 Å². The Bertz CT molecular complexity index is 946. The maximum absolute atomic E-state index is 13.4. The van der Waals surface area contributed by atoms with Crippen LogP contribution >= 0.6 is 15.9 Å². The van der Waals surface area contributed by atoms with Gasteiger partial charge in [-0.15, -0.1) is 0 Å². The summed E-state index contributed by atoms with van der Waals surface area (Å²) >= 11 is 3.38. The van der Waals surface area contributed by atoms with Crippen LogP contribution in [0.1, 0.15) is 15.9 Å². The van der Waals surface area contributed by atoms with Crippen LogP contribution in [0.3, 0.4) is 0 Å². The molecular formula is C20H16BrFN4O. The normalized spacial score (nSPS) is 11.1. The lowest BCUT2D eigenvalue weighted by Gasteiger charge is -2.12. The Morgan fingerprint density at radius 3 is 2.52 bits per heavy atom. The molecule has 0 unspecified atom stereocenters. The second-order valence-electron chi connectivity index (χ2n) is 5.62. The van der Waals surface area contributed by atoms with E-state index in [4.69, 9.17) is 0 Å². The van der Waals surface area contributed by atoms with Crippen molar-refractivity contribution < 1.29 is 9.18 Å². The average molecular weight is 427 g/mol. The summed E-state index contributed by atoms with van der Waals surface area (Å²) in [5.74, 6) is -0.658. The molecule has 0 radical (unpaired) electrons. The van der Waals surface area contributed by atoms with E-state index >= 15 is 0 Å². The van der Waals surface area contributed by atoms with Crippen LogP contribution in [-0.2, 0) is 6.54 Å². The fourth-order valence-electron chi connectivity index (χ4n) is 2.25. The Hall–Kier alpha value is -3.06. The Kier molecular flexibility index (Phi) is 6.27. The quantitative estimate of drug-likeness (QED) is 0.480. The Morgan fingerprint density at radius 2 is 1.81 bits per heavy atom. The number of halogens is 2. The minimum absolute atomic E-state index is 0.212. The zero-order valence-electron chi connectivity index (χ0n) is 14.2. The number of nitrogens with zero attached hydrogens (tertiary/aromatic N) is 2. The molecule has 1 amide bonds. The summed E-state index contributed by atoms with van der Waals surface area (Å²) < 4.78 is 14.3. The molecule has 2 N–H and O–H groups in total. The number of nitrogens with one attached hydrogen (secondary N) is 2. The second kappa shape index (κ2) is 9.05. The van der Waals surface area contributed by atoms with Crippen molar-refractivity contribution in [1.29, 1.82) is 0 Å². The van der Waals surface area contributed by atoms with Crippen molar-refractivity contribution in [2.24, 2.45) is 4.99 Å². The van der Waals surface area contributed by atoms with E-state index in [2.05, 4.69) is 36.5 Å². The average Bonchev–Trinajstić information content (AvgIpc) is 2.68. The Labute approximate surface area is 164 Å². The third-order valence-corrected chi connectivity index (χ3v) is 4.12. The molecular weight excluding hydrogens is 411 g/mol. The molecule has 0 spiro atoms. The van der Waals surface area contributed by atoms with Crippen LogP contribution in [0.2, 0.25) is 0 Å². The standard InChI is InChI=1S/C20H16BrFN4O/c21-16-4-6-18(7-5-16)25-20(24-13-14-8-10-23-11-9-14)26-19(27)15-2-1-3-17(22)12-15/h1-12H,13H2,(H2,24,25,26,27). The van der Waals surface area contributed by atoms with Gasteiger partial charge in [-0.25, -0.2) is 9.38 Å². The summed E-state index contributed by atoms with van der Waals surface area (Å²) in [6.07, 6.45) is 3.36. The zero-order valence-corrected chi connectivity index (χ0v) is 15.8. The van der Waals surface area contributed by atoms with Crippen molar-refractivity contribution in [2.75, 3.05) is 5.32 Å². The van der Waals surface area contributed by atoms with E-state index in [1.165, 1.54) is 18.2 Å².